The van der Waals surface area contributed by atoms with Crippen molar-refractivity contribution in [1.82, 2.24) is 10.6 Å². The number of carbonyl (C=O) groups is 2. The summed E-state index contributed by atoms with van der Waals surface area (Å²) in [5.74, 6) is -0.126. The van der Waals surface area contributed by atoms with Crippen LogP contribution < -0.4 is 21.3 Å². The van der Waals surface area contributed by atoms with Gasteiger partial charge in [-0.2, -0.15) is 0 Å². The van der Waals surface area contributed by atoms with E-state index in [1.165, 1.54) is 0 Å². The first-order valence-corrected chi connectivity index (χ1v) is 8.97. The standard InChI is InChI=1S/C20H24N4O3/c1-14(22-19(25)18-13-21-11-12-27-18)15-7-9-17(10-8-15)24-20(26)23-16-5-3-2-4-6-16/h2-10,14,18,21H,11-13H2,1H3,(H,22,25)(H2,23,24,26). The lowest BCUT2D eigenvalue weighted by Gasteiger charge is -2.24. The van der Waals surface area contributed by atoms with Gasteiger partial charge >= 0.3 is 6.03 Å². The van der Waals surface area contributed by atoms with Crippen LogP contribution in [0.1, 0.15) is 18.5 Å². The van der Waals surface area contributed by atoms with E-state index in [1.54, 1.807) is 12.1 Å². The molecule has 0 spiro atoms. The lowest BCUT2D eigenvalue weighted by atomic mass is 10.1. The smallest absolute Gasteiger partial charge is 0.323 e. The summed E-state index contributed by atoms with van der Waals surface area (Å²) in [6.45, 7) is 3.75. The van der Waals surface area contributed by atoms with Crippen LogP contribution in [-0.4, -0.2) is 37.7 Å². The van der Waals surface area contributed by atoms with Gasteiger partial charge in [0.1, 0.15) is 6.10 Å². The van der Waals surface area contributed by atoms with E-state index in [0.29, 0.717) is 18.8 Å². The van der Waals surface area contributed by atoms with Gasteiger partial charge in [0.25, 0.3) is 5.91 Å². The number of para-hydroxylation sites is 1. The van der Waals surface area contributed by atoms with Crippen LogP contribution in [0.2, 0.25) is 0 Å². The summed E-state index contributed by atoms with van der Waals surface area (Å²) in [6.07, 6.45) is -0.455. The van der Waals surface area contributed by atoms with Gasteiger partial charge in [-0.1, -0.05) is 30.3 Å². The zero-order valence-corrected chi connectivity index (χ0v) is 15.2. The quantitative estimate of drug-likeness (QED) is 0.653. The maximum absolute atomic E-state index is 12.2. The molecule has 1 heterocycles. The Kier molecular flexibility index (Phi) is 6.40. The number of rotatable bonds is 5. The van der Waals surface area contributed by atoms with E-state index in [1.807, 2.05) is 49.4 Å². The summed E-state index contributed by atoms with van der Waals surface area (Å²) in [7, 11) is 0. The summed E-state index contributed by atoms with van der Waals surface area (Å²) in [5.41, 5.74) is 2.34. The van der Waals surface area contributed by atoms with E-state index in [4.69, 9.17) is 4.74 Å². The molecule has 1 fully saturated rings. The maximum atomic E-state index is 12.2. The molecule has 0 radical (unpaired) electrons. The van der Waals surface area contributed by atoms with Gasteiger partial charge in [0, 0.05) is 24.5 Å². The summed E-state index contributed by atoms with van der Waals surface area (Å²) < 4.78 is 5.46. The third-order valence-corrected chi connectivity index (χ3v) is 4.28. The Hall–Kier alpha value is -2.90. The van der Waals surface area contributed by atoms with Gasteiger partial charge < -0.3 is 26.0 Å². The molecule has 7 heteroatoms. The average molecular weight is 368 g/mol. The molecule has 3 rings (SSSR count). The number of amides is 3. The Bertz CT molecular complexity index is 759. The second kappa shape index (κ2) is 9.16. The fourth-order valence-corrected chi connectivity index (χ4v) is 2.79. The number of hydrogen-bond donors (Lipinski definition) is 4. The van der Waals surface area contributed by atoms with Gasteiger partial charge in [-0.25, -0.2) is 4.79 Å². The van der Waals surface area contributed by atoms with Crippen molar-refractivity contribution in [3.63, 3.8) is 0 Å². The van der Waals surface area contributed by atoms with Crippen molar-refractivity contribution in [2.45, 2.75) is 19.1 Å². The lowest BCUT2D eigenvalue weighted by molar-refractivity contribution is -0.134. The molecule has 2 aromatic carbocycles. The predicted octanol–water partition coefficient (Wildman–Crippen LogP) is 2.50. The van der Waals surface area contributed by atoms with Crippen molar-refractivity contribution in [3.8, 4) is 0 Å². The minimum absolute atomic E-state index is 0.126. The highest BCUT2D eigenvalue weighted by Gasteiger charge is 2.23. The molecular formula is C20H24N4O3. The first-order chi connectivity index (χ1) is 13.1. The highest BCUT2D eigenvalue weighted by Crippen LogP contribution is 2.17. The van der Waals surface area contributed by atoms with Crippen molar-refractivity contribution in [2.75, 3.05) is 30.3 Å². The third kappa shape index (κ3) is 5.54. The van der Waals surface area contributed by atoms with Crippen LogP contribution in [0.4, 0.5) is 16.2 Å². The van der Waals surface area contributed by atoms with Crippen LogP contribution in [-0.2, 0) is 9.53 Å². The highest BCUT2D eigenvalue weighted by molar-refractivity contribution is 5.99. The Labute approximate surface area is 158 Å². The van der Waals surface area contributed by atoms with E-state index in [-0.39, 0.29) is 18.0 Å². The van der Waals surface area contributed by atoms with Crippen LogP contribution in [0.3, 0.4) is 0 Å². The van der Waals surface area contributed by atoms with Gasteiger partial charge in [-0.05, 0) is 36.8 Å². The van der Waals surface area contributed by atoms with Crippen molar-refractivity contribution in [3.05, 3.63) is 60.2 Å². The minimum Gasteiger partial charge on any atom is -0.366 e. The molecule has 2 aromatic rings. The molecule has 0 aromatic heterocycles. The first-order valence-electron chi connectivity index (χ1n) is 8.97. The monoisotopic (exact) mass is 368 g/mol. The second-order valence-electron chi connectivity index (χ2n) is 6.36. The SMILES string of the molecule is CC(NC(=O)C1CNCCO1)c1ccc(NC(=O)Nc2ccccc2)cc1. The highest BCUT2D eigenvalue weighted by atomic mass is 16.5. The van der Waals surface area contributed by atoms with Crippen molar-refractivity contribution < 1.29 is 14.3 Å². The molecule has 2 unspecified atom stereocenters. The van der Waals surface area contributed by atoms with Crippen molar-refractivity contribution >= 4 is 23.3 Å². The number of nitrogens with one attached hydrogen (secondary N) is 4. The Morgan fingerprint density at radius 3 is 2.33 bits per heavy atom. The number of hydrogen-bond acceptors (Lipinski definition) is 4. The van der Waals surface area contributed by atoms with Crippen LogP contribution in [0.5, 0.6) is 0 Å². The Morgan fingerprint density at radius 2 is 1.70 bits per heavy atom. The summed E-state index contributed by atoms with van der Waals surface area (Å²) >= 11 is 0. The molecule has 3 amide bonds. The zero-order chi connectivity index (χ0) is 19.1. The molecule has 4 N–H and O–H groups in total. The van der Waals surface area contributed by atoms with Crippen LogP contribution in [0, 0.1) is 0 Å². The topological polar surface area (TPSA) is 91.5 Å². The maximum Gasteiger partial charge on any atom is 0.323 e. The third-order valence-electron chi connectivity index (χ3n) is 4.28. The zero-order valence-electron chi connectivity index (χ0n) is 15.2. The van der Waals surface area contributed by atoms with E-state index < -0.39 is 6.10 Å². The van der Waals surface area contributed by atoms with Gasteiger partial charge in [0.05, 0.1) is 12.6 Å². The van der Waals surface area contributed by atoms with E-state index in [9.17, 15) is 9.59 Å². The summed E-state index contributed by atoms with van der Waals surface area (Å²) in [6, 6.07) is 16.1. The second-order valence-corrected chi connectivity index (χ2v) is 6.36. The lowest BCUT2D eigenvalue weighted by Crippen LogP contribution is -2.48. The fourth-order valence-electron chi connectivity index (χ4n) is 2.79. The fraction of sp³-hybridized carbons (Fsp3) is 0.300. The average Bonchev–Trinajstić information content (AvgIpc) is 2.70. The number of urea groups is 1. The van der Waals surface area contributed by atoms with Crippen LogP contribution in [0.15, 0.2) is 54.6 Å². The molecule has 1 saturated heterocycles. The van der Waals surface area contributed by atoms with Gasteiger partial charge in [0.15, 0.2) is 0 Å². The van der Waals surface area contributed by atoms with E-state index in [2.05, 4.69) is 21.3 Å². The predicted molar refractivity (Wildman–Crippen MR) is 105 cm³/mol. The molecule has 142 valence electrons. The van der Waals surface area contributed by atoms with E-state index in [0.717, 1.165) is 17.8 Å². The van der Waals surface area contributed by atoms with Crippen molar-refractivity contribution in [2.24, 2.45) is 0 Å². The molecule has 7 nitrogen and oxygen atoms in total. The molecule has 0 aliphatic carbocycles. The summed E-state index contributed by atoms with van der Waals surface area (Å²) in [4.78, 5) is 24.2. The summed E-state index contributed by atoms with van der Waals surface area (Å²) in [5, 5.41) is 11.6. The molecular weight excluding hydrogens is 344 g/mol. The number of morpholine rings is 1. The van der Waals surface area contributed by atoms with Gasteiger partial charge in [-0.15, -0.1) is 0 Å². The largest absolute Gasteiger partial charge is 0.366 e. The molecule has 1 aliphatic heterocycles. The van der Waals surface area contributed by atoms with Crippen LogP contribution >= 0.6 is 0 Å². The van der Waals surface area contributed by atoms with Crippen LogP contribution in [0.25, 0.3) is 0 Å². The normalized spacial score (nSPS) is 17.6. The molecule has 27 heavy (non-hydrogen) atoms. The number of benzene rings is 2. The Morgan fingerprint density at radius 1 is 1.04 bits per heavy atom. The molecule has 0 bridgehead atoms. The molecule has 1 aliphatic rings. The van der Waals surface area contributed by atoms with Crippen molar-refractivity contribution in [1.29, 1.82) is 0 Å². The first kappa shape index (κ1) is 18.9. The number of anilines is 2. The minimum atomic E-state index is -0.455. The van der Waals surface area contributed by atoms with E-state index >= 15 is 0 Å². The molecule has 0 saturated carbocycles. The van der Waals surface area contributed by atoms with Gasteiger partial charge in [-0.3, -0.25) is 4.79 Å². The number of ether oxygens (including phenoxy) is 1. The van der Waals surface area contributed by atoms with Gasteiger partial charge in [0.2, 0.25) is 0 Å². The number of carbonyl (C=O) groups excluding carboxylic acids is 2. The molecule has 2 atom stereocenters. The Balaban J connectivity index is 1.51.